The molecule has 1 heterocycles. The van der Waals surface area contributed by atoms with E-state index in [1.54, 1.807) is 7.11 Å². The van der Waals surface area contributed by atoms with Gasteiger partial charge in [0.1, 0.15) is 0 Å². The average molecular weight is 274 g/mol. The van der Waals surface area contributed by atoms with E-state index in [-0.39, 0.29) is 0 Å². The number of hydrogen-bond donors (Lipinski definition) is 1. The standard InChI is InChI=1S/C13H24ClN3O/c1-5-11-13(14)12(17(3)16-11)9-10(15-2)7-6-8-18-4/h10,15H,5-9H2,1-4H3. The van der Waals surface area contributed by atoms with Gasteiger partial charge in [-0.15, -0.1) is 0 Å². The van der Waals surface area contributed by atoms with Crippen molar-refractivity contribution in [3.8, 4) is 0 Å². The van der Waals surface area contributed by atoms with Crippen LogP contribution in [-0.4, -0.2) is 36.6 Å². The molecule has 5 heteroatoms. The van der Waals surface area contributed by atoms with Crippen LogP contribution < -0.4 is 5.32 Å². The highest BCUT2D eigenvalue weighted by molar-refractivity contribution is 6.31. The normalized spacial score (nSPS) is 12.9. The minimum Gasteiger partial charge on any atom is -0.385 e. The Morgan fingerprint density at radius 2 is 2.22 bits per heavy atom. The second kappa shape index (κ2) is 7.77. The number of aromatic nitrogens is 2. The molecule has 0 aromatic carbocycles. The van der Waals surface area contributed by atoms with Gasteiger partial charge in [0.15, 0.2) is 0 Å². The van der Waals surface area contributed by atoms with Crippen molar-refractivity contribution < 1.29 is 4.74 Å². The predicted octanol–water partition coefficient (Wildman–Crippen LogP) is 2.19. The molecule has 0 spiro atoms. The quantitative estimate of drug-likeness (QED) is 0.738. The van der Waals surface area contributed by atoms with E-state index in [4.69, 9.17) is 16.3 Å². The van der Waals surface area contributed by atoms with Crippen molar-refractivity contribution in [1.82, 2.24) is 15.1 Å². The summed E-state index contributed by atoms with van der Waals surface area (Å²) in [6.07, 6.45) is 3.91. The Morgan fingerprint density at radius 1 is 1.50 bits per heavy atom. The third kappa shape index (κ3) is 3.97. The maximum absolute atomic E-state index is 6.36. The Hall–Kier alpha value is -0.580. The van der Waals surface area contributed by atoms with E-state index in [9.17, 15) is 0 Å². The number of rotatable bonds is 8. The van der Waals surface area contributed by atoms with Crippen molar-refractivity contribution in [2.45, 2.75) is 38.6 Å². The third-order valence-electron chi connectivity index (χ3n) is 3.25. The van der Waals surface area contributed by atoms with Gasteiger partial charge in [0.2, 0.25) is 0 Å². The zero-order valence-electron chi connectivity index (χ0n) is 11.8. The first-order valence-corrected chi connectivity index (χ1v) is 6.88. The van der Waals surface area contributed by atoms with Crippen molar-refractivity contribution in [2.24, 2.45) is 7.05 Å². The smallest absolute Gasteiger partial charge is 0.0850 e. The van der Waals surface area contributed by atoms with Crippen LogP contribution >= 0.6 is 11.6 Å². The lowest BCUT2D eigenvalue weighted by atomic mass is 10.1. The van der Waals surface area contributed by atoms with Gasteiger partial charge >= 0.3 is 0 Å². The first-order valence-electron chi connectivity index (χ1n) is 6.50. The molecule has 0 saturated heterocycles. The summed E-state index contributed by atoms with van der Waals surface area (Å²) in [5.74, 6) is 0. The molecule has 0 radical (unpaired) electrons. The summed E-state index contributed by atoms with van der Waals surface area (Å²) in [6.45, 7) is 2.88. The first kappa shape index (κ1) is 15.5. The van der Waals surface area contributed by atoms with Crippen LogP contribution in [0, 0.1) is 0 Å². The molecule has 104 valence electrons. The number of nitrogens with one attached hydrogen (secondary N) is 1. The van der Waals surface area contributed by atoms with Crippen LogP contribution in [0.1, 0.15) is 31.2 Å². The number of methoxy groups -OCH3 is 1. The fraction of sp³-hybridized carbons (Fsp3) is 0.769. The second-order valence-corrected chi connectivity index (χ2v) is 4.89. The highest BCUT2D eigenvalue weighted by Gasteiger charge is 2.16. The second-order valence-electron chi connectivity index (χ2n) is 4.51. The van der Waals surface area contributed by atoms with Crippen LogP contribution in [0.3, 0.4) is 0 Å². The molecule has 1 atom stereocenters. The molecule has 1 aromatic rings. The van der Waals surface area contributed by atoms with E-state index in [0.29, 0.717) is 6.04 Å². The van der Waals surface area contributed by atoms with Crippen LogP contribution in [-0.2, 0) is 24.6 Å². The van der Waals surface area contributed by atoms with Crippen molar-refractivity contribution in [3.63, 3.8) is 0 Å². The molecule has 0 bridgehead atoms. The van der Waals surface area contributed by atoms with E-state index in [0.717, 1.165) is 48.7 Å². The molecule has 1 unspecified atom stereocenters. The molecule has 1 N–H and O–H groups in total. The predicted molar refractivity (Wildman–Crippen MR) is 75.3 cm³/mol. The van der Waals surface area contributed by atoms with Gasteiger partial charge in [-0.05, 0) is 26.3 Å². The van der Waals surface area contributed by atoms with Crippen molar-refractivity contribution in [3.05, 3.63) is 16.4 Å². The van der Waals surface area contributed by atoms with Gasteiger partial charge in [-0.1, -0.05) is 18.5 Å². The maximum atomic E-state index is 6.36. The summed E-state index contributed by atoms with van der Waals surface area (Å²) >= 11 is 6.36. The van der Waals surface area contributed by atoms with Gasteiger partial charge in [0, 0.05) is 33.2 Å². The van der Waals surface area contributed by atoms with Crippen LogP contribution in [0.25, 0.3) is 0 Å². The molecular formula is C13H24ClN3O. The highest BCUT2D eigenvalue weighted by atomic mass is 35.5. The minimum atomic E-state index is 0.415. The van der Waals surface area contributed by atoms with Gasteiger partial charge in [-0.25, -0.2) is 0 Å². The van der Waals surface area contributed by atoms with E-state index < -0.39 is 0 Å². The zero-order chi connectivity index (χ0) is 13.5. The Labute approximate surface area is 115 Å². The number of likely N-dealkylation sites (N-methyl/N-ethyl adjacent to an activating group) is 1. The molecule has 0 aliphatic rings. The molecule has 0 aliphatic carbocycles. The fourth-order valence-corrected chi connectivity index (χ4v) is 2.47. The Kier molecular flexibility index (Phi) is 6.68. The molecule has 4 nitrogen and oxygen atoms in total. The van der Waals surface area contributed by atoms with Crippen LogP contribution in [0.5, 0.6) is 0 Å². The van der Waals surface area contributed by atoms with Gasteiger partial charge in [0.05, 0.1) is 16.4 Å². The number of halogens is 1. The van der Waals surface area contributed by atoms with Gasteiger partial charge in [-0.3, -0.25) is 4.68 Å². The fourth-order valence-electron chi connectivity index (χ4n) is 2.10. The molecule has 0 amide bonds. The van der Waals surface area contributed by atoms with E-state index in [1.807, 2.05) is 18.8 Å². The van der Waals surface area contributed by atoms with Crippen LogP contribution in [0.15, 0.2) is 0 Å². The summed E-state index contributed by atoms with van der Waals surface area (Å²) in [4.78, 5) is 0. The molecule has 1 rings (SSSR count). The molecule has 18 heavy (non-hydrogen) atoms. The molecule has 0 saturated carbocycles. The monoisotopic (exact) mass is 273 g/mol. The van der Waals surface area contributed by atoms with Crippen molar-refractivity contribution >= 4 is 11.6 Å². The van der Waals surface area contributed by atoms with Gasteiger partial charge < -0.3 is 10.1 Å². The van der Waals surface area contributed by atoms with E-state index >= 15 is 0 Å². The Bertz CT molecular complexity index is 365. The van der Waals surface area contributed by atoms with E-state index in [1.165, 1.54) is 0 Å². The number of hydrogen-bond acceptors (Lipinski definition) is 3. The lowest BCUT2D eigenvalue weighted by molar-refractivity contribution is 0.189. The minimum absolute atomic E-state index is 0.415. The summed E-state index contributed by atoms with van der Waals surface area (Å²) in [7, 11) is 5.69. The average Bonchev–Trinajstić information content (AvgIpc) is 2.64. The molecule has 0 fully saturated rings. The Balaban J connectivity index is 2.66. The number of nitrogens with zero attached hydrogens (tertiary/aromatic N) is 2. The van der Waals surface area contributed by atoms with Crippen molar-refractivity contribution in [2.75, 3.05) is 20.8 Å². The highest BCUT2D eigenvalue weighted by Crippen LogP contribution is 2.22. The summed E-state index contributed by atoms with van der Waals surface area (Å²) in [5.41, 5.74) is 2.10. The molecule has 1 aromatic heterocycles. The topological polar surface area (TPSA) is 39.1 Å². The lowest BCUT2D eigenvalue weighted by Crippen LogP contribution is -2.28. The van der Waals surface area contributed by atoms with Gasteiger partial charge in [-0.2, -0.15) is 5.10 Å². The first-order chi connectivity index (χ1) is 8.63. The van der Waals surface area contributed by atoms with Crippen LogP contribution in [0.2, 0.25) is 5.02 Å². The Morgan fingerprint density at radius 3 is 2.72 bits per heavy atom. The largest absolute Gasteiger partial charge is 0.385 e. The SMILES string of the molecule is CCc1nn(C)c(CC(CCCOC)NC)c1Cl. The van der Waals surface area contributed by atoms with E-state index in [2.05, 4.69) is 17.3 Å². The van der Waals surface area contributed by atoms with Gasteiger partial charge in [0.25, 0.3) is 0 Å². The summed E-state index contributed by atoms with van der Waals surface area (Å²) in [5, 5.41) is 8.61. The zero-order valence-corrected chi connectivity index (χ0v) is 12.5. The molecular weight excluding hydrogens is 250 g/mol. The third-order valence-corrected chi connectivity index (χ3v) is 3.69. The molecule has 0 aliphatic heterocycles. The number of ether oxygens (including phenoxy) is 1. The maximum Gasteiger partial charge on any atom is 0.0850 e. The summed E-state index contributed by atoms with van der Waals surface area (Å²) < 4.78 is 6.99. The van der Waals surface area contributed by atoms with Crippen molar-refractivity contribution in [1.29, 1.82) is 0 Å². The lowest BCUT2D eigenvalue weighted by Gasteiger charge is -2.16. The van der Waals surface area contributed by atoms with Crippen LogP contribution in [0.4, 0.5) is 0 Å². The number of aryl methyl sites for hydroxylation is 2. The summed E-state index contributed by atoms with van der Waals surface area (Å²) in [6, 6.07) is 0.415.